The maximum Gasteiger partial charge on any atom is 0.227 e. The molecular formula is C18H31N5O. The fourth-order valence-electron chi connectivity index (χ4n) is 3.80. The fraction of sp³-hybridized carbons (Fsp3) is 0.778. The smallest absolute Gasteiger partial charge is 0.227 e. The minimum absolute atomic E-state index is 0.333. The molecule has 2 aliphatic heterocycles. The highest BCUT2D eigenvalue weighted by Crippen LogP contribution is 2.31. The zero-order valence-corrected chi connectivity index (χ0v) is 15.6. The average molecular weight is 333 g/mol. The first-order chi connectivity index (χ1) is 11.5. The summed E-state index contributed by atoms with van der Waals surface area (Å²) in [4.78, 5) is 16.6. The molecule has 134 valence electrons. The molecule has 1 atom stereocenters. The molecule has 0 aromatic carbocycles. The van der Waals surface area contributed by atoms with Crippen molar-refractivity contribution >= 4 is 11.8 Å². The van der Waals surface area contributed by atoms with Crippen LogP contribution in [0.5, 0.6) is 0 Å². The lowest BCUT2D eigenvalue weighted by Crippen LogP contribution is -2.38. The van der Waals surface area contributed by atoms with E-state index in [2.05, 4.69) is 48.7 Å². The van der Waals surface area contributed by atoms with Crippen molar-refractivity contribution in [2.24, 2.45) is 5.41 Å². The molecule has 0 amide bonds. The van der Waals surface area contributed by atoms with Crippen molar-refractivity contribution in [3.05, 3.63) is 11.8 Å². The van der Waals surface area contributed by atoms with Gasteiger partial charge in [0, 0.05) is 45.0 Å². The van der Waals surface area contributed by atoms with Crippen molar-refractivity contribution in [3.63, 3.8) is 0 Å². The van der Waals surface area contributed by atoms with Crippen LogP contribution in [-0.4, -0.2) is 74.9 Å². The van der Waals surface area contributed by atoms with Crippen LogP contribution in [0.3, 0.4) is 0 Å². The second-order valence-electron chi connectivity index (χ2n) is 7.62. The second-order valence-corrected chi connectivity index (χ2v) is 7.62. The Morgan fingerprint density at radius 2 is 2.00 bits per heavy atom. The van der Waals surface area contributed by atoms with E-state index >= 15 is 0 Å². The lowest BCUT2D eigenvalue weighted by Gasteiger charge is -2.32. The molecule has 3 rings (SSSR count). The van der Waals surface area contributed by atoms with Crippen LogP contribution in [0.15, 0.2) is 6.07 Å². The largest absolute Gasteiger partial charge is 0.378 e. The monoisotopic (exact) mass is 333 g/mol. The number of aromatic nitrogens is 2. The summed E-state index contributed by atoms with van der Waals surface area (Å²) in [6, 6.07) is 2.14. The van der Waals surface area contributed by atoms with Crippen molar-refractivity contribution in [1.29, 1.82) is 0 Å². The molecule has 6 nitrogen and oxygen atoms in total. The summed E-state index contributed by atoms with van der Waals surface area (Å²) in [6.07, 6.45) is 2.18. The van der Waals surface area contributed by atoms with E-state index < -0.39 is 0 Å². The molecule has 0 spiro atoms. The molecule has 3 heterocycles. The first kappa shape index (κ1) is 17.4. The Labute approximate surface area is 145 Å². The number of rotatable bonds is 5. The first-order valence-electron chi connectivity index (χ1n) is 9.09. The van der Waals surface area contributed by atoms with Crippen molar-refractivity contribution in [2.45, 2.75) is 26.7 Å². The molecule has 0 radical (unpaired) electrons. The molecule has 0 bridgehead atoms. The highest BCUT2D eigenvalue weighted by atomic mass is 16.5. The van der Waals surface area contributed by atoms with Gasteiger partial charge in [-0.15, -0.1) is 0 Å². The van der Waals surface area contributed by atoms with E-state index in [1.807, 2.05) is 0 Å². The molecule has 1 unspecified atom stereocenters. The van der Waals surface area contributed by atoms with E-state index in [4.69, 9.17) is 14.7 Å². The summed E-state index contributed by atoms with van der Waals surface area (Å²) in [5.41, 5.74) is 1.45. The van der Waals surface area contributed by atoms with E-state index in [-0.39, 0.29) is 0 Å². The first-order valence-corrected chi connectivity index (χ1v) is 9.09. The Morgan fingerprint density at radius 3 is 2.62 bits per heavy atom. The van der Waals surface area contributed by atoms with Crippen LogP contribution < -0.4 is 9.80 Å². The predicted octanol–water partition coefficient (Wildman–Crippen LogP) is 1.65. The van der Waals surface area contributed by atoms with Crippen LogP contribution in [0.25, 0.3) is 0 Å². The van der Waals surface area contributed by atoms with Gasteiger partial charge in [-0.05, 0) is 31.8 Å². The molecule has 0 N–H and O–H groups in total. The summed E-state index contributed by atoms with van der Waals surface area (Å²) < 4.78 is 5.46. The number of aryl methyl sites for hydroxylation is 1. The van der Waals surface area contributed by atoms with Crippen LogP contribution in [-0.2, 0) is 11.2 Å². The van der Waals surface area contributed by atoms with Crippen molar-refractivity contribution in [1.82, 2.24) is 14.9 Å². The number of anilines is 2. The van der Waals surface area contributed by atoms with E-state index in [1.165, 1.54) is 13.0 Å². The molecule has 2 saturated heterocycles. The van der Waals surface area contributed by atoms with Gasteiger partial charge < -0.3 is 19.4 Å². The molecule has 24 heavy (non-hydrogen) atoms. The van der Waals surface area contributed by atoms with Gasteiger partial charge >= 0.3 is 0 Å². The number of hydrogen-bond acceptors (Lipinski definition) is 6. The van der Waals surface area contributed by atoms with Gasteiger partial charge in [0.1, 0.15) is 5.82 Å². The van der Waals surface area contributed by atoms with E-state index in [9.17, 15) is 0 Å². The standard InChI is InChI=1S/C18H31N5O/c1-5-15-12-16(20-17(19-15)23-8-10-24-11-9-23)22(4)14-18(2)6-7-21(3)13-18/h12H,5-11,13-14H2,1-4H3. The predicted molar refractivity (Wildman–Crippen MR) is 97.9 cm³/mol. The lowest BCUT2D eigenvalue weighted by molar-refractivity contribution is 0.122. The van der Waals surface area contributed by atoms with Crippen LogP contribution in [0, 0.1) is 5.41 Å². The Morgan fingerprint density at radius 1 is 1.25 bits per heavy atom. The van der Waals surface area contributed by atoms with Gasteiger partial charge in [-0.1, -0.05) is 13.8 Å². The van der Waals surface area contributed by atoms with E-state index in [0.29, 0.717) is 5.41 Å². The maximum absolute atomic E-state index is 5.46. The Balaban J connectivity index is 1.78. The number of nitrogens with zero attached hydrogens (tertiary/aromatic N) is 5. The van der Waals surface area contributed by atoms with Crippen LogP contribution in [0.1, 0.15) is 26.0 Å². The zero-order chi connectivity index (χ0) is 17.2. The Hall–Kier alpha value is -1.40. The second kappa shape index (κ2) is 7.23. The molecule has 2 fully saturated rings. The van der Waals surface area contributed by atoms with E-state index in [0.717, 1.165) is 63.3 Å². The SMILES string of the molecule is CCc1cc(N(C)CC2(C)CCN(C)C2)nc(N2CCOCC2)n1. The van der Waals surface area contributed by atoms with Gasteiger partial charge in [0.15, 0.2) is 0 Å². The highest BCUT2D eigenvalue weighted by molar-refractivity contribution is 5.46. The lowest BCUT2D eigenvalue weighted by atomic mass is 9.89. The quantitative estimate of drug-likeness (QED) is 0.816. The van der Waals surface area contributed by atoms with Gasteiger partial charge in [-0.3, -0.25) is 0 Å². The molecular weight excluding hydrogens is 302 g/mol. The third-order valence-electron chi connectivity index (χ3n) is 5.17. The number of morpholine rings is 1. The molecule has 1 aromatic heterocycles. The zero-order valence-electron chi connectivity index (χ0n) is 15.6. The van der Waals surface area contributed by atoms with E-state index in [1.54, 1.807) is 0 Å². The number of ether oxygens (including phenoxy) is 1. The van der Waals surface area contributed by atoms with Crippen LogP contribution in [0.2, 0.25) is 0 Å². The topological polar surface area (TPSA) is 44.7 Å². The van der Waals surface area contributed by atoms with Gasteiger partial charge in [-0.25, -0.2) is 4.98 Å². The summed E-state index contributed by atoms with van der Waals surface area (Å²) in [5.74, 6) is 1.90. The van der Waals surface area contributed by atoms with Gasteiger partial charge in [0.2, 0.25) is 5.95 Å². The summed E-state index contributed by atoms with van der Waals surface area (Å²) in [6.45, 7) is 11.2. The molecule has 2 aliphatic rings. The van der Waals surface area contributed by atoms with Crippen LogP contribution >= 0.6 is 0 Å². The van der Waals surface area contributed by atoms with Crippen molar-refractivity contribution in [3.8, 4) is 0 Å². The maximum atomic E-state index is 5.46. The van der Waals surface area contributed by atoms with Crippen LogP contribution in [0.4, 0.5) is 11.8 Å². The molecule has 1 aromatic rings. The number of likely N-dealkylation sites (tertiary alicyclic amines) is 1. The minimum Gasteiger partial charge on any atom is -0.378 e. The Bertz CT molecular complexity index is 560. The minimum atomic E-state index is 0.333. The summed E-state index contributed by atoms with van der Waals surface area (Å²) in [5, 5.41) is 0. The molecule has 0 saturated carbocycles. The fourth-order valence-corrected chi connectivity index (χ4v) is 3.80. The van der Waals surface area contributed by atoms with Crippen molar-refractivity contribution in [2.75, 3.05) is 69.8 Å². The summed E-state index contributed by atoms with van der Waals surface area (Å²) in [7, 11) is 4.37. The van der Waals surface area contributed by atoms with Gasteiger partial charge in [0.05, 0.1) is 13.2 Å². The van der Waals surface area contributed by atoms with Crippen molar-refractivity contribution < 1.29 is 4.74 Å². The highest BCUT2D eigenvalue weighted by Gasteiger charge is 2.33. The molecule has 0 aliphatic carbocycles. The third-order valence-corrected chi connectivity index (χ3v) is 5.17. The normalized spacial score (nSPS) is 25.2. The number of hydrogen-bond donors (Lipinski definition) is 0. The average Bonchev–Trinajstić information content (AvgIpc) is 2.93. The summed E-state index contributed by atoms with van der Waals surface area (Å²) >= 11 is 0. The van der Waals surface area contributed by atoms with Gasteiger partial charge in [0.25, 0.3) is 0 Å². The molecule has 6 heteroatoms. The van der Waals surface area contributed by atoms with Gasteiger partial charge in [-0.2, -0.15) is 4.98 Å². The Kier molecular flexibility index (Phi) is 5.25. The third kappa shape index (κ3) is 3.98.